The Bertz CT molecular complexity index is 1580. The largest absolute Gasteiger partial charge is 0.346 e. The van der Waals surface area contributed by atoms with Crippen LogP contribution in [0.2, 0.25) is 0 Å². The van der Waals surface area contributed by atoms with Gasteiger partial charge < -0.3 is 9.88 Å². The van der Waals surface area contributed by atoms with E-state index in [2.05, 4.69) is 38.2 Å². The maximum atomic E-state index is 14.7. The summed E-state index contributed by atoms with van der Waals surface area (Å²) in [5.41, 5.74) is 5.28. The van der Waals surface area contributed by atoms with Crippen LogP contribution in [-0.4, -0.2) is 32.4 Å². The molecule has 1 N–H and O–H groups in total. The molecule has 3 aromatic heterocycles. The number of hydrogen-bond acceptors (Lipinski definition) is 3. The van der Waals surface area contributed by atoms with Gasteiger partial charge >= 0.3 is 0 Å². The van der Waals surface area contributed by atoms with E-state index in [1.165, 1.54) is 6.07 Å². The van der Waals surface area contributed by atoms with Gasteiger partial charge in [-0.2, -0.15) is 5.10 Å². The molecule has 6 nitrogen and oxygen atoms in total. The van der Waals surface area contributed by atoms with Gasteiger partial charge in [0.1, 0.15) is 5.82 Å². The van der Waals surface area contributed by atoms with Crippen LogP contribution in [0.1, 0.15) is 6.42 Å². The number of halogens is 1. The number of pyridine rings is 1. The fourth-order valence-electron chi connectivity index (χ4n) is 5.03. The molecule has 1 saturated heterocycles. The summed E-state index contributed by atoms with van der Waals surface area (Å²) >= 11 is 0. The standard InChI is InChI=1S/C27H23FN6/c1-29-24-6-3-18(12-22(24)28)26-21-8-10-34(15-17-7-9-30-13-17)25(21)14-31-27(26)19-4-5-23-20(11-19)16-33(2)32-23/h3-6,8,10-12,14,16-17,30H,7,9,13,15H2,2H3/t17-/m1/s1. The summed E-state index contributed by atoms with van der Waals surface area (Å²) < 4.78 is 18.7. The number of benzene rings is 2. The van der Waals surface area contributed by atoms with Gasteiger partial charge in [0, 0.05) is 47.9 Å². The van der Waals surface area contributed by atoms with Crippen molar-refractivity contribution >= 4 is 27.5 Å². The van der Waals surface area contributed by atoms with Crippen LogP contribution in [0.15, 0.2) is 61.1 Å². The molecule has 0 bridgehead atoms. The predicted octanol–water partition coefficient (Wildman–Crippen LogP) is 5.56. The van der Waals surface area contributed by atoms with E-state index in [1.54, 1.807) is 10.7 Å². The molecule has 7 heteroatoms. The molecule has 0 unspecified atom stereocenters. The van der Waals surface area contributed by atoms with Gasteiger partial charge in [0.15, 0.2) is 0 Å². The molecule has 5 aromatic rings. The number of aryl methyl sites for hydroxylation is 1. The first-order valence-electron chi connectivity index (χ1n) is 11.4. The molecule has 1 fully saturated rings. The predicted molar refractivity (Wildman–Crippen MR) is 132 cm³/mol. The summed E-state index contributed by atoms with van der Waals surface area (Å²) in [6.45, 7) is 10.2. The molecular weight excluding hydrogens is 427 g/mol. The first kappa shape index (κ1) is 20.6. The van der Waals surface area contributed by atoms with Gasteiger partial charge in [-0.3, -0.25) is 9.67 Å². The Hall–Kier alpha value is -4.02. The third-order valence-electron chi connectivity index (χ3n) is 6.70. The van der Waals surface area contributed by atoms with Gasteiger partial charge in [-0.25, -0.2) is 9.24 Å². The molecule has 168 valence electrons. The van der Waals surface area contributed by atoms with Crippen molar-refractivity contribution in [3.05, 3.63) is 78.3 Å². The number of rotatable bonds is 4. The van der Waals surface area contributed by atoms with Crippen LogP contribution < -0.4 is 5.32 Å². The van der Waals surface area contributed by atoms with Crippen LogP contribution in [0.5, 0.6) is 0 Å². The lowest BCUT2D eigenvalue weighted by Crippen LogP contribution is -2.14. The summed E-state index contributed by atoms with van der Waals surface area (Å²) in [7, 11) is 1.90. The van der Waals surface area contributed by atoms with Crippen molar-refractivity contribution in [1.29, 1.82) is 0 Å². The van der Waals surface area contributed by atoms with Crippen LogP contribution in [0.4, 0.5) is 10.1 Å². The monoisotopic (exact) mass is 450 g/mol. The van der Waals surface area contributed by atoms with Crippen LogP contribution in [-0.2, 0) is 13.6 Å². The first-order valence-corrected chi connectivity index (χ1v) is 11.4. The minimum Gasteiger partial charge on any atom is -0.346 e. The zero-order valence-corrected chi connectivity index (χ0v) is 18.8. The first-order chi connectivity index (χ1) is 16.6. The molecule has 1 aliphatic heterocycles. The number of aromatic nitrogens is 4. The van der Waals surface area contributed by atoms with E-state index in [-0.39, 0.29) is 5.69 Å². The van der Waals surface area contributed by atoms with Crippen molar-refractivity contribution in [2.75, 3.05) is 13.1 Å². The second-order valence-corrected chi connectivity index (χ2v) is 8.96. The molecule has 34 heavy (non-hydrogen) atoms. The maximum Gasteiger partial charge on any atom is 0.222 e. The highest BCUT2D eigenvalue weighted by molar-refractivity contribution is 6.02. The number of hydrogen-bond donors (Lipinski definition) is 1. The fraction of sp³-hybridized carbons (Fsp3) is 0.222. The van der Waals surface area contributed by atoms with Crippen LogP contribution >= 0.6 is 0 Å². The Morgan fingerprint density at radius 3 is 2.85 bits per heavy atom. The maximum absolute atomic E-state index is 14.7. The Labute approximate surface area is 196 Å². The molecule has 0 saturated carbocycles. The molecule has 0 amide bonds. The van der Waals surface area contributed by atoms with Crippen molar-refractivity contribution in [2.24, 2.45) is 13.0 Å². The minimum absolute atomic E-state index is 0.0218. The quantitative estimate of drug-likeness (QED) is 0.365. The highest BCUT2D eigenvalue weighted by Gasteiger charge is 2.20. The van der Waals surface area contributed by atoms with Crippen LogP contribution in [0.3, 0.4) is 0 Å². The van der Waals surface area contributed by atoms with Gasteiger partial charge in [-0.05, 0) is 55.3 Å². The molecule has 1 atom stereocenters. The molecule has 2 aromatic carbocycles. The van der Waals surface area contributed by atoms with Crippen LogP contribution in [0, 0.1) is 18.3 Å². The summed E-state index contributed by atoms with van der Waals surface area (Å²) in [5.74, 6) is 0.0664. The topological polar surface area (TPSA) is 52.0 Å². The van der Waals surface area contributed by atoms with E-state index in [1.807, 2.05) is 37.6 Å². The van der Waals surface area contributed by atoms with Crippen molar-refractivity contribution in [3.63, 3.8) is 0 Å². The van der Waals surface area contributed by atoms with Gasteiger partial charge in [-0.1, -0.05) is 18.2 Å². The average molecular weight is 451 g/mol. The van der Waals surface area contributed by atoms with E-state index in [0.29, 0.717) is 11.5 Å². The lowest BCUT2D eigenvalue weighted by molar-refractivity contribution is 0.491. The normalized spacial score (nSPS) is 15.9. The SMILES string of the molecule is [C-]#[N+]c1ccc(-c2c(-c3ccc4nn(C)cc4c3)ncc3c2ccn3C[C@@H]2CCNC2)cc1F. The number of nitrogens with zero attached hydrogens (tertiary/aromatic N) is 5. The zero-order valence-electron chi connectivity index (χ0n) is 18.8. The Balaban J connectivity index is 1.56. The highest BCUT2D eigenvalue weighted by atomic mass is 19.1. The Morgan fingerprint density at radius 1 is 1.18 bits per heavy atom. The van der Waals surface area contributed by atoms with E-state index >= 15 is 0 Å². The van der Waals surface area contributed by atoms with E-state index in [0.717, 1.165) is 64.7 Å². The summed E-state index contributed by atoms with van der Waals surface area (Å²) in [6, 6.07) is 13.0. The average Bonchev–Trinajstić information content (AvgIpc) is 3.58. The highest BCUT2D eigenvalue weighted by Crippen LogP contribution is 2.39. The fourth-order valence-corrected chi connectivity index (χ4v) is 5.03. The summed E-state index contributed by atoms with van der Waals surface area (Å²) in [6.07, 6.45) is 7.17. The minimum atomic E-state index is -0.519. The summed E-state index contributed by atoms with van der Waals surface area (Å²) in [4.78, 5) is 8.19. The second-order valence-electron chi connectivity index (χ2n) is 8.96. The third kappa shape index (κ3) is 3.44. The lowest BCUT2D eigenvalue weighted by Gasteiger charge is -2.14. The summed E-state index contributed by atoms with van der Waals surface area (Å²) in [5, 5.41) is 9.95. The second kappa shape index (κ2) is 8.08. The Kier molecular flexibility index (Phi) is 4.89. The third-order valence-corrected chi connectivity index (χ3v) is 6.70. The molecule has 4 heterocycles. The van der Waals surface area contributed by atoms with Gasteiger partial charge in [0.25, 0.3) is 0 Å². The van der Waals surface area contributed by atoms with Crippen molar-refractivity contribution < 1.29 is 4.39 Å². The molecule has 1 aliphatic rings. The smallest absolute Gasteiger partial charge is 0.222 e. The number of nitrogens with one attached hydrogen (secondary N) is 1. The zero-order chi connectivity index (χ0) is 23.2. The molecular formula is C27H23FN6. The van der Waals surface area contributed by atoms with E-state index in [4.69, 9.17) is 11.6 Å². The van der Waals surface area contributed by atoms with Crippen molar-refractivity contribution in [3.8, 4) is 22.4 Å². The van der Waals surface area contributed by atoms with E-state index in [9.17, 15) is 4.39 Å². The van der Waals surface area contributed by atoms with Crippen LogP contribution in [0.25, 0.3) is 49.0 Å². The molecule has 0 aliphatic carbocycles. The van der Waals surface area contributed by atoms with E-state index < -0.39 is 5.82 Å². The molecule has 0 radical (unpaired) electrons. The van der Waals surface area contributed by atoms with Crippen molar-refractivity contribution in [2.45, 2.75) is 13.0 Å². The van der Waals surface area contributed by atoms with Crippen molar-refractivity contribution in [1.82, 2.24) is 24.6 Å². The Morgan fingerprint density at radius 2 is 2.06 bits per heavy atom. The lowest BCUT2D eigenvalue weighted by atomic mass is 9.95. The molecule has 0 spiro atoms. The number of fused-ring (bicyclic) bond motifs is 2. The van der Waals surface area contributed by atoms with Gasteiger partial charge in [-0.15, -0.1) is 0 Å². The van der Waals surface area contributed by atoms with Gasteiger partial charge in [0.2, 0.25) is 5.69 Å². The van der Waals surface area contributed by atoms with Gasteiger partial charge in [0.05, 0.1) is 29.5 Å². The molecule has 6 rings (SSSR count).